The highest BCUT2D eigenvalue weighted by molar-refractivity contribution is 7.34. The first-order valence-electron chi connectivity index (χ1n) is 11.1. The van der Waals surface area contributed by atoms with E-state index in [1.165, 1.54) is 0 Å². The van der Waals surface area contributed by atoms with Gasteiger partial charge in [-0.15, -0.1) is 11.3 Å². The van der Waals surface area contributed by atoms with Gasteiger partial charge < -0.3 is 14.8 Å². The smallest absolute Gasteiger partial charge is 0.411 e. The van der Waals surface area contributed by atoms with Crippen LogP contribution in [-0.4, -0.2) is 35.4 Å². The van der Waals surface area contributed by atoms with Crippen LogP contribution in [0.15, 0.2) is 24.4 Å². The van der Waals surface area contributed by atoms with Gasteiger partial charge in [0.15, 0.2) is 8.46 Å². The van der Waals surface area contributed by atoms with Crippen LogP contribution in [0.5, 0.6) is 0 Å². The maximum atomic E-state index is 11.8. The zero-order chi connectivity index (χ0) is 24.0. The second kappa shape index (κ2) is 11.6. The molecular formula is C23H30N3O5PS. The lowest BCUT2D eigenvalue weighted by Gasteiger charge is -2.28. The van der Waals surface area contributed by atoms with Gasteiger partial charge in [-0.2, -0.15) is 0 Å². The zero-order valence-electron chi connectivity index (χ0n) is 19.3. The molecule has 10 heteroatoms. The average molecular weight is 492 g/mol. The molecule has 1 aromatic carbocycles. The summed E-state index contributed by atoms with van der Waals surface area (Å²) >= 11 is 1.60. The summed E-state index contributed by atoms with van der Waals surface area (Å²) in [5, 5.41) is 7.22. The predicted molar refractivity (Wildman–Crippen MR) is 130 cm³/mol. The van der Waals surface area contributed by atoms with Gasteiger partial charge in [-0.3, -0.25) is 9.88 Å². The van der Waals surface area contributed by atoms with E-state index in [4.69, 9.17) is 9.47 Å². The van der Waals surface area contributed by atoms with Crippen LogP contribution in [0.2, 0.25) is 0 Å². The summed E-state index contributed by atoms with van der Waals surface area (Å²) < 4.78 is 22.1. The van der Waals surface area contributed by atoms with Gasteiger partial charge in [0.2, 0.25) is 0 Å². The number of carbonyl (C=O) groups excluding carboxylic acids is 2. The summed E-state index contributed by atoms with van der Waals surface area (Å²) in [5.41, 5.74) is 1.35. The third kappa shape index (κ3) is 7.24. The summed E-state index contributed by atoms with van der Waals surface area (Å²) in [4.78, 5) is 29.2. The van der Waals surface area contributed by atoms with E-state index in [9.17, 15) is 14.2 Å². The summed E-state index contributed by atoms with van der Waals surface area (Å²) in [5.74, 6) is 0.336. The third-order valence-corrected chi connectivity index (χ3v) is 6.98. The normalized spacial score (nSPS) is 18.4. The molecule has 2 amide bonds. The lowest BCUT2D eigenvalue weighted by Crippen LogP contribution is -2.38. The Labute approximate surface area is 199 Å². The highest BCUT2D eigenvalue weighted by Gasteiger charge is 2.26. The minimum absolute atomic E-state index is 0.125. The molecule has 1 heterocycles. The van der Waals surface area contributed by atoms with Gasteiger partial charge in [0.1, 0.15) is 0 Å². The molecule has 3 rings (SSSR count). The van der Waals surface area contributed by atoms with Crippen LogP contribution in [0.25, 0.3) is 10.4 Å². The Kier molecular flexibility index (Phi) is 8.80. The van der Waals surface area contributed by atoms with Crippen molar-refractivity contribution in [3.63, 3.8) is 0 Å². The van der Waals surface area contributed by atoms with Gasteiger partial charge in [0.05, 0.1) is 27.4 Å². The van der Waals surface area contributed by atoms with E-state index in [1.54, 1.807) is 37.3 Å². The van der Waals surface area contributed by atoms with Crippen molar-refractivity contribution in [1.29, 1.82) is 0 Å². The molecule has 0 bridgehead atoms. The Hall–Kier alpha value is -2.51. The van der Waals surface area contributed by atoms with Crippen molar-refractivity contribution in [3.8, 4) is 10.4 Å². The molecule has 2 aromatic rings. The number of thiazole rings is 1. The van der Waals surface area contributed by atoms with E-state index >= 15 is 0 Å². The number of nitrogens with zero attached hydrogens (tertiary/aromatic N) is 1. The minimum Gasteiger partial charge on any atom is -0.447 e. The summed E-state index contributed by atoms with van der Waals surface area (Å²) in [7, 11) is -0.140. The molecule has 1 aliphatic carbocycles. The Morgan fingerprint density at radius 3 is 2.36 bits per heavy atom. The number of ether oxygens (including phenoxy) is 2. The van der Waals surface area contributed by atoms with Crippen molar-refractivity contribution in [2.75, 3.05) is 5.32 Å². The molecule has 2 N–H and O–H groups in total. The van der Waals surface area contributed by atoms with Crippen molar-refractivity contribution in [2.45, 2.75) is 77.5 Å². The van der Waals surface area contributed by atoms with E-state index in [1.807, 2.05) is 26.1 Å². The van der Waals surface area contributed by atoms with Gasteiger partial charge >= 0.3 is 12.2 Å². The second-order valence-electron chi connectivity index (χ2n) is 8.61. The Morgan fingerprint density at radius 2 is 1.73 bits per heavy atom. The molecule has 1 fully saturated rings. The maximum absolute atomic E-state index is 11.8. The number of benzene rings is 1. The molecular weight excluding hydrogens is 461 g/mol. The lowest BCUT2D eigenvalue weighted by atomic mass is 9.86. The molecule has 0 atom stereocenters. The molecule has 0 unspecified atom stereocenters. The van der Waals surface area contributed by atoms with Gasteiger partial charge in [-0.05, 0) is 65.5 Å². The molecule has 8 nitrogen and oxygen atoms in total. The molecule has 0 spiro atoms. The lowest BCUT2D eigenvalue weighted by molar-refractivity contribution is 0.109. The number of hydrogen-bond acceptors (Lipinski definition) is 7. The highest BCUT2D eigenvalue weighted by Crippen LogP contribution is 2.38. The summed E-state index contributed by atoms with van der Waals surface area (Å²) in [6, 6.07) is 5.40. The van der Waals surface area contributed by atoms with Crippen molar-refractivity contribution < 1.29 is 23.6 Å². The summed E-state index contributed by atoms with van der Waals surface area (Å²) in [6.07, 6.45) is 4.19. The SMILES string of the molecule is CC(C)OC(=O)Nc1ccc(-c2cnc(C3CCC(NC(=O)OC(C)C)CC3)s2)c(P=O)c1. The van der Waals surface area contributed by atoms with Crippen LogP contribution >= 0.6 is 19.8 Å². The van der Waals surface area contributed by atoms with E-state index in [2.05, 4.69) is 15.6 Å². The standard InChI is InChI=1S/C23H30N3O5PS/c1-13(2)30-22(27)25-16-7-5-15(6-8-16)21-24-12-20(33-21)18-10-9-17(11-19(18)32-29)26-23(28)31-14(3)4/h9-16H,5-8H2,1-4H3,(H,25,27)(H,26,28). The van der Waals surface area contributed by atoms with Crippen molar-refractivity contribution in [2.24, 2.45) is 0 Å². The first kappa shape index (κ1) is 25.1. The fourth-order valence-electron chi connectivity index (χ4n) is 3.76. The van der Waals surface area contributed by atoms with Crippen LogP contribution in [0.3, 0.4) is 0 Å². The van der Waals surface area contributed by atoms with E-state index in [0.29, 0.717) is 16.9 Å². The number of anilines is 1. The number of nitrogens with one attached hydrogen (secondary N) is 2. The average Bonchev–Trinajstić information content (AvgIpc) is 3.23. The second-order valence-corrected chi connectivity index (χ2v) is 10.3. The quantitative estimate of drug-likeness (QED) is 0.471. The van der Waals surface area contributed by atoms with Crippen molar-refractivity contribution in [1.82, 2.24) is 10.3 Å². The molecule has 0 saturated heterocycles. The fourth-order valence-corrected chi connectivity index (χ4v) is 5.44. The maximum Gasteiger partial charge on any atom is 0.411 e. The van der Waals surface area contributed by atoms with E-state index in [-0.39, 0.29) is 32.8 Å². The van der Waals surface area contributed by atoms with Crippen LogP contribution in [0.4, 0.5) is 15.3 Å². The van der Waals surface area contributed by atoms with E-state index in [0.717, 1.165) is 41.1 Å². The van der Waals surface area contributed by atoms with Crippen molar-refractivity contribution in [3.05, 3.63) is 29.4 Å². The number of aromatic nitrogens is 1. The molecule has 1 saturated carbocycles. The van der Waals surface area contributed by atoms with Crippen LogP contribution in [0, 0.1) is 0 Å². The number of hydrogen-bond donors (Lipinski definition) is 2. The number of amides is 2. The molecule has 0 radical (unpaired) electrons. The summed E-state index contributed by atoms with van der Waals surface area (Å²) in [6.45, 7) is 7.21. The van der Waals surface area contributed by atoms with Crippen LogP contribution in [0.1, 0.15) is 64.3 Å². The molecule has 178 valence electrons. The predicted octanol–water partition coefficient (Wildman–Crippen LogP) is 5.84. The number of alkyl carbamates (subject to hydrolysis) is 1. The minimum atomic E-state index is -0.547. The Bertz CT molecular complexity index is 986. The van der Waals surface area contributed by atoms with Gasteiger partial charge in [-0.1, -0.05) is 6.07 Å². The first-order valence-corrected chi connectivity index (χ1v) is 12.8. The van der Waals surface area contributed by atoms with Gasteiger partial charge in [0, 0.05) is 29.4 Å². The molecule has 1 aliphatic rings. The first-order chi connectivity index (χ1) is 15.7. The number of rotatable bonds is 7. The molecule has 1 aromatic heterocycles. The Balaban J connectivity index is 1.62. The monoisotopic (exact) mass is 491 g/mol. The van der Waals surface area contributed by atoms with Crippen LogP contribution < -0.4 is 15.9 Å². The highest BCUT2D eigenvalue weighted by atomic mass is 32.1. The number of carbonyl (C=O) groups is 2. The van der Waals surface area contributed by atoms with E-state index < -0.39 is 6.09 Å². The fraction of sp³-hybridized carbons (Fsp3) is 0.522. The largest absolute Gasteiger partial charge is 0.447 e. The van der Waals surface area contributed by atoms with Crippen LogP contribution in [-0.2, 0) is 14.0 Å². The topological polar surface area (TPSA) is 107 Å². The molecule has 33 heavy (non-hydrogen) atoms. The Morgan fingerprint density at radius 1 is 1.06 bits per heavy atom. The van der Waals surface area contributed by atoms with Gasteiger partial charge in [-0.25, -0.2) is 14.6 Å². The van der Waals surface area contributed by atoms with Gasteiger partial charge in [0.25, 0.3) is 0 Å². The molecule has 0 aliphatic heterocycles. The zero-order valence-corrected chi connectivity index (χ0v) is 21.0. The third-order valence-electron chi connectivity index (χ3n) is 5.22. The van der Waals surface area contributed by atoms with Crippen molar-refractivity contribution >= 4 is 43.0 Å².